The Morgan fingerprint density at radius 2 is 2.00 bits per heavy atom. The summed E-state index contributed by atoms with van der Waals surface area (Å²) in [7, 11) is 0. The van der Waals surface area contributed by atoms with Gasteiger partial charge in [0.2, 0.25) is 5.91 Å². The molecule has 2 atom stereocenters. The first kappa shape index (κ1) is 16.3. The second-order valence-corrected chi connectivity index (χ2v) is 5.76. The second kappa shape index (κ2) is 7.13. The molecule has 0 spiro atoms. The maximum absolute atomic E-state index is 11.5. The van der Waals surface area contributed by atoms with Gasteiger partial charge in [-0.15, -0.1) is 0 Å². The van der Waals surface area contributed by atoms with Crippen LogP contribution < -0.4 is 11.1 Å². The Morgan fingerprint density at radius 3 is 2.42 bits per heavy atom. The van der Waals surface area contributed by atoms with Crippen molar-refractivity contribution in [3.63, 3.8) is 0 Å². The van der Waals surface area contributed by atoms with Crippen molar-refractivity contribution in [1.29, 1.82) is 0 Å². The first-order valence-electron chi connectivity index (χ1n) is 6.37. The second-order valence-electron chi connectivity index (χ2n) is 4.92. The van der Waals surface area contributed by atoms with Crippen molar-refractivity contribution in [3.05, 3.63) is 33.8 Å². The first-order chi connectivity index (χ1) is 8.86. The highest BCUT2D eigenvalue weighted by atomic mass is 35.5. The van der Waals surface area contributed by atoms with Crippen LogP contribution in [-0.2, 0) is 4.79 Å². The first-order valence-corrected chi connectivity index (χ1v) is 7.12. The highest BCUT2D eigenvalue weighted by Crippen LogP contribution is 2.28. The van der Waals surface area contributed by atoms with Crippen LogP contribution in [0.2, 0.25) is 10.0 Å². The quantitative estimate of drug-likeness (QED) is 0.844. The van der Waals surface area contributed by atoms with Crippen molar-refractivity contribution in [2.75, 3.05) is 0 Å². The molecule has 0 aliphatic carbocycles. The molecule has 0 radical (unpaired) electrons. The summed E-state index contributed by atoms with van der Waals surface area (Å²) in [6, 6.07) is 4.98. The number of halogens is 2. The highest BCUT2D eigenvalue weighted by molar-refractivity contribution is 6.35. The Hall–Kier alpha value is -0.770. The van der Waals surface area contributed by atoms with E-state index in [1.165, 1.54) is 0 Å². The highest BCUT2D eigenvalue weighted by Gasteiger charge is 2.24. The van der Waals surface area contributed by atoms with Crippen molar-refractivity contribution in [1.82, 2.24) is 5.32 Å². The van der Waals surface area contributed by atoms with Gasteiger partial charge in [-0.25, -0.2) is 0 Å². The number of rotatable bonds is 6. The molecule has 0 aliphatic rings. The number of amides is 1. The third-order valence-electron chi connectivity index (χ3n) is 3.10. The minimum Gasteiger partial charge on any atom is -0.368 e. The predicted octanol–water partition coefficient (Wildman–Crippen LogP) is 3.54. The minimum atomic E-state index is -0.378. The van der Waals surface area contributed by atoms with Crippen LogP contribution in [0.4, 0.5) is 0 Å². The summed E-state index contributed by atoms with van der Waals surface area (Å²) in [6.07, 6.45) is 0.803. The zero-order chi connectivity index (χ0) is 14.6. The van der Waals surface area contributed by atoms with Gasteiger partial charge in [-0.2, -0.15) is 0 Å². The molecule has 0 bridgehead atoms. The third-order valence-corrected chi connectivity index (χ3v) is 3.66. The monoisotopic (exact) mass is 302 g/mol. The van der Waals surface area contributed by atoms with Gasteiger partial charge in [0.25, 0.3) is 0 Å². The topological polar surface area (TPSA) is 55.1 Å². The number of primary amides is 1. The summed E-state index contributed by atoms with van der Waals surface area (Å²) in [5, 5.41) is 4.47. The predicted molar refractivity (Wildman–Crippen MR) is 80.5 cm³/mol. The van der Waals surface area contributed by atoms with Crippen LogP contribution in [0.3, 0.4) is 0 Å². The Morgan fingerprint density at radius 1 is 1.37 bits per heavy atom. The van der Waals surface area contributed by atoms with Crippen molar-refractivity contribution < 1.29 is 4.79 Å². The average Bonchev–Trinajstić information content (AvgIpc) is 2.31. The van der Waals surface area contributed by atoms with Gasteiger partial charge in [-0.05, 0) is 30.0 Å². The van der Waals surface area contributed by atoms with E-state index in [2.05, 4.69) is 5.32 Å². The molecule has 3 nitrogen and oxygen atoms in total. The fourth-order valence-electron chi connectivity index (χ4n) is 2.03. The lowest BCUT2D eigenvalue weighted by Gasteiger charge is -2.26. The van der Waals surface area contributed by atoms with Crippen LogP contribution in [0.25, 0.3) is 0 Å². The molecular formula is C14H20Cl2N2O. The molecule has 0 saturated carbocycles. The molecule has 0 heterocycles. The largest absolute Gasteiger partial charge is 0.368 e. The van der Waals surface area contributed by atoms with Crippen LogP contribution in [0.1, 0.15) is 38.8 Å². The average molecular weight is 303 g/mol. The number of hydrogen-bond acceptors (Lipinski definition) is 2. The molecule has 1 aromatic carbocycles. The molecular weight excluding hydrogens is 283 g/mol. The Bertz CT molecular complexity index is 449. The van der Waals surface area contributed by atoms with Crippen LogP contribution >= 0.6 is 23.2 Å². The van der Waals surface area contributed by atoms with E-state index < -0.39 is 0 Å². The molecule has 106 valence electrons. The SMILES string of the molecule is CCC(NC(C(N)=O)C(C)C)c1ccc(Cl)cc1Cl. The Labute approximate surface area is 124 Å². The van der Waals surface area contributed by atoms with E-state index >= 15 is 0 Å². The number of nitrogens with one attached hydrogen (secondary N) is 1. The van der Waals surface area contributed by atoms with Gasteiger partial charge in [0.15, 0.2) is 0 Å². The molecule has 5 heteroatoms. The number of benzene rings is 1. The molecule has 0 aromatic heterocycles. The molecule has 1 rings (SSSR count). The molecule has 2 unspecified atom stereocenters. The normalized spacial score (nSPS) is 14.4. The van der Waals surface area contributed by atoms with Gasteiger partial charge in [0.05, 0.1) is 6.04 Å². The van der Waals surface area contributed by atoms with Crippen molar-refractivity contribution in [2.45, 2.75) is 39.3 Å². The van der Waals surface area contributed by atoms with E-state index in [1.54, 1.807) is 12.1 Å². The fraction of sp³-hybridized carbons (Fsp3) is 0.500. The molecule has 3 N–H and O–H groups in total. The van der Waals surface area contributed by atoms with Crippen LogP contribution in [0.15, 0.2) is 18.2 Å². The van der Waals surface area contributed by atoms with Gasteiger partial charge in [-0.1, -0.05) is 50.0 Å². The summed E-state index contributed by atoms with van der Waals surface area (Å²) in [5.74, 6) is -0.226. The maximum atomic E-state index is 11.5. The number of carbonyl (C=O) groups is 1. The summed E-state index contributed by atoms with van der Waals surface area (Å²) in [5.41, 5.74) is 6.36. The zero-order valence-electron chi connectivity index (χ0n) is 11.4. The molecule has 0 fully saturated rings. The van der Waals surface area contributed by atoms with E-state index in [9.17, 15) is 4.79 Å². The van der Waals surface area contributed by atoms with Gasteiger partial charge in [0.1, 0.15) is 0 Å². The van der Waals surface area contributed by atoms with Crippen LogP contribution in [0.5, 0.6) is 0 Å². The smallest absolute Gasteiger partial charge is 0.234 e. The number of nitrogens with two attached hydrogens (primary N) is 1. The lowest BCUT2D eigenvalue weighted by atomic mass is 9.98. The van der Waals surface area contributed by atoms with E-state index in [0.29, 0.717) is 10.0 Å². The van der Waals surface area contributed by atoms with E-state index in [1.807, 2.05) is 26.8 Å². The standard InChI is InChI=1S/C14H20Cl2N2O/c1-4-12(18-13(8(2)3)14(17)19)10-6-5-9(15)7-11(10)16/h5-8,12-13,18H,4H2,1-3H3,(H2,17,19). The lowest BCUT2D eigenvalue weighted by molar-refractivity contribution is -0.121. The molecule has 19 heavy (non-hydrogen) atoms. The Kier molecular flexibility index (Phi) is 6.11. The van der Waals surface area contributed by atoms with Gasteiger partial charge < -0.3 is 5.73 Å². The van der Waals surface area contributed by atoms with E-state index in [-0.39, 0.29) is 23.9 Å². The van der Waals surface area contributed by atoms with E-state index in [4.69, 9.17) is 28.9 Å². The number of hydrogen-bond donors (Lipinski definition) is 2. The van der Waals surface area contributed by atoms with Crippen LogP contribution in [-0.4, -0.2) is 11.9 Å². The Balaban J connectivity index is 2.97. The van der Waals surface area contributed by atoms with Crippen LogP contribution in [0, 0.1) is 5.92 Å². The lowest BCUT2D eigenvalue weighted by Crippen LogP contribution is -2.46. The molecule has 1 aromatic rings. The molecule has 1 amide bonds. The van der Waals surface area contributed by atoms with Gasteiger partial charge in [-0.3, -0.25) is 10.1 Å². The van der Waals surface area contributed by atoms with E-state index in [0.717, 1.165) is 12.0 Å². The number of carbonyl (C=O) groups excluding carboxylic acids is 1. The van der Waals surface area contributed by atoms with Crippen molar-refractivity contribution in [2.24, 2.45) is 11.7 Å². The zero-order valence-corrected chi connectivity index (χ0v) is 12.9. The molecule has 0 saturated heterocycles. The summed E-state index contributed by atoms with van der Waals surface area (Å²) < 4.78 is 0. The van der Waals surface area contributed by atoms with Crippen molar-refractivity contribution in [3.8, 4) is 0 Å². The minimum absolute atomic E-state index is 0.0235. The van der Waals surface area contributed by atoms with Gasteiger partial charge in [0, 0.05) is 16.1 Å². The summed E-state index contributed by atoms with van der Waals surface area (Å²) >= 11 is 12.1. The third kappa shape index (κ3) is 4.37. The van der Waals surface area contributed by atoms with Crippen molar-refractivity contribution >= 4 is 29.1 Å². The summed E-state index contributed by atoms with van der Waals surface area (Å²) in [4.78, 5) is 11.5. The summed E-state index contributed by atoms with van der Waals surface area (Å²) in [6.45, 7) is 5.94. The fourth-order valence-corrected chi connectivity index (χ4v) is 2.57. The molecule has 0 aliphatic heterocycles. The van der Waals surface area contributed by atoms with Gasteiger partial charge >= 0.3 is 0 Å². The maximum Gasteiger partial charge on any atom is 0.234 e.